The molecule has 0 aliphatic carbocycles. The minimum absolute atomic E-state index is 0.0462. The van der Waals surface area contributed by atoms with Crippen molar-refractivity contribution in [2.75, 3.05) is 50.0 Å². The van der Waals surface area contributed by atoms with Crippen LogP contribution in [0.25, 0.3) is 16.9 Å². The van der Waals surface area contributed by atoms with Crippen LogP contribution in [0, 0.1) is 12.8 Å². The summed E-state index contributed by atoms with van der Waals surface area (Å²) in [5.74, 6) is 0.804. The molecule has 0 spiro atoms. The van der Waals surface area contributed by atoms with Gasteiger partial charge in [-0.25, -0.2) is 14.5 Å². The van der Waals surface area contributed by atoms with Crippen molar-refractivity contribution in [2.45, 2.75) is 51.9 Å². The van der Waals surface area contributed by atoms with Crippen molar-refractivity contribution < 1.29 is 17.9 Å². The number of hydrogen-bond donors (Lipinski definition) is 2. The summed E-state index contributed by atoms with van der Waals surface area (Å²) in [6.07, 6.45) is -1.47. The van der Waals surface area contributed by atoms with E-state index in [1.807, 2.05) is 11.8 Å². The summed E-state index contributed by atoms with van der Waals surface area (Å²) in [5, 5.41) is 4.59. The standard InChI is InChI=1S/C26H35F3N8O/c1-16-17(15-35-6-4-18(5-7-35)25(2,3)31)12-21-24(36-8-10-38-11-9-36)33-23(34-37(16)21)19-14-32-22(30)13-20(19)26(27,28)29/h12-14,18H,4-11,15,31H2,1-3H3,(H2,30,32). The van der Waals surface area contributed by atoms with E-state index >= 15 is 0 Å². The Morgan fingerprint density at radius 3 is 2.39 bits per heavy atom. The zero-order valence-electron chi connectivity index (χ0n) is 22.1. The first-order valence-electron chi connectivity index (χ1n) is 13.0. The highest BCUT2D eigenvalue weighted by molar-refractivity contribution is 5.74. The minimum atomic E-state index is -4.63. The number of aromatic nitrogens is 4. The Morgan fingerprint density at radius 2 is 1.76 bits per heavy atom. The highest BCUT2D eigenvalue weighted by Gasteiger charge is 2.36. The van der Waals surface area contributed by atoms with Crippen molar-refractivity contribution in [2.24, 2.45) is 11.7 Å². The Labute approximate surface area is 220 Å². The van der Waals surface area contributed by atoms with Crippen molar-refractivity contribution in [3.05, 3.63) is 35.2 Å². The van der Waals surface area contributed by atoms with Gasteiger partial charge in [0.15, 0.2) is 11.6 Å². The van der Waals surface area contributed by atoms with Crippen molar-refractivity contribution in [3.63, 3.8) is 0 Å². The van der Waals surface area contributed by atoms with Gasteiger partial charge in [0.1, 0.15) is 11.3 Å². The van der Waals surface area contributed by atoms with Gasteiger partial charge in [0.25, 0.3) is 0 Å². The summed E-state index contributed by atoms with van der Waals surface area (Å²) in [6, 6.07) is 2.90. The number of anilines is 2. The molecule has 0 radical (unpaired) electrons. The Morgan fingerprint density at radius 1 is 1.08 bits per heavy atom. The molecule has 2 aliphatic rings. The number of alkyl halides is 3. The maximum atomic E-state index is 13.9. The van der Waals surface area contributed by atoms with Gasteiger partial charge in [-0.15, -0.1) is 5.10 Å². The molecule has 0 aromatic carbocycles. The van der Waals surface area contributed by atoms with E-state index in [9.17, 15) is 13.2 Å². The van der Waals surface area contributed by atoms with E-state index in [0.29, 0.717) is 38.0 Å². The van der Waals surface area contributed by atoms with Gasteiger partial charge in [-0.3, -0.25) is 4.90 Å². The van der Waals surface area contributed by atoms with Crippen LogP contribution in [-0.2, 0) is 17.5 Å². The Hall–Kier alpha value is -2.96. The predicted octanol–water partition coefficient (Wildman–Crippen LogP) is 3.49. The number of aryl methyl sites for hydroxylation is 1. The zero-order valence-corrected chi connectivity index (χ0v) is 22.1. The lowest BCUT2D eigenvalue weighted by molar-refractivity contribution is -0.137. The number of rotatable bonds is 5. The summed E-state index contributed by atoms with van der Waals surface area (Å²) in [5.41, 5.74) is 13.3. The number of hydrogen-bond acceptors (Lipinski definition) is 8. The third kappa shape index (κ3) is 5.29. The number of halogens is 3. The molecule has 2 saturated heterocycles. The minimum Gasteiger partial charge on any atom is -0.384 e. The number of piperidine rings is 1. The van der Waals surface area contributed by atoms with Gasteiger partial charge in [0.2, 0.25) is 0 Å². The number of ether oxygens (including phenoxy) is 1. The fourth-order valence-electron chi connectivity index (χ4n) is 5.45. The zero-order chi connectivity index (χ0) is 27.2. The van der Waals surface area contributed by atoms with E-state index in [1.54, 1.807) is 4.52 Å². The third-order valence-electron chi connectivity index (χ3n) is 7.77. The Balaban J connectivity index is 1.56. The highest BCUT2D eigenvalue weighted by Crippen LogP contribution is 2.38. The summed E-state index contributed by atoms with van der Waals surface area (Å²) in [7, 11) is 0. The smallest absolute Gasteiger partial charge is 0.384 e. The van der Waals surface area contributed by atoms with Crippen molar-refractivity contribution in [1.82, 2.24) is 24.5 Å². The molecule has 3 aromatic heterocycles. The molecule has 0 bridgehead atoms. The fourth-order valence-corrected chi connectivity index (χ4v) is 5.45. The largest absolute Gasteiger partial charge is 0.417 e. The molecule has 5 heterocycles. The van der Waals surface area contributed by atoms with E-state index in [-0.39, 0.29) is 22.7 Å². The van der Waals surface area contributed by atoms with Crippen molar-refractivity contribution in [1.29, 1.82) is 0 Å². The molecular weight excluding hydrogens is 497 g/mol. The maximum absolute atomic E-state index is 13.9. The van der Waals surface area contributed by atoms with Gasteiger partial charge >= 0.3 is 6.18 Å². The number of morpholine rings is 1. The lowest BCUT2D eigenvalue weighted by Gasteiger charge is -2.38. The van der Waals surface area contributed by atoms with E-state index in [2.05, 4.69) is 39.9 Å². The van der Waals surface area contributed by atoms with Gasteiger partial charge in [0, 0.05) is 37.1 Å². The second-order valence-corrected chi connectivity index (χ2v) is 10.9. The number of nitrogen functional groups attached to an aromatic ring is 1. The van der Waals surface area contributed by atoms with Crippen molar-refractivity contribution >= 4 is 17.2 Å². The molecule has 12 heteroatoms. The second-order valence-electron chi connectivity index (χ2n) is 10.9. The Kier molecular flexibility index (Phi) is 6.99. The molecule has 206 valence electrons. The van der Waals surface area contributed by atoms with Gasteiger partial charge < -0.3 is 21.1 Å². The van der Waals surface area contributed by atoms with Crippen LogP contribution < -0.4 is 16.4 Å². The first kappa shape index (κ1) is 26.6. The van der Waals surface area contributed by atoms with Crippen LogP contribution in [0.4, 0.5) is 24.8 Å². The van der Waals surface area contributed by atoms with Gasteiger partial charge in [-0.2, -0.15) is 13.2 Å². The number of pyridine rings is 1. The van der Waals surface area contributed by atoms with Crippen LogP contribution in [0.3, 0.4) is 0 Å². The normalized spacial score (nSPS) is 18.4. The average Bonchev–Trinajstić information content (AvgIpc) is 3.18. The van der Waals surface area contributed by atoms with Crippen LogP contribution in [0.15, 0.2) is 18.3 Å². The molecule has 4 N–H and O–H groups in total. The molecular formula is C26H35F3N8O. The molecule has 0 atom stereocenters. The van der Waals surface area contributed by atoms with Crippen LogP contribution in [-0.4, -0.2) is 69.4 Å². The third-order valence-corrected chi connectivity index (χ3v) is 7.77. The summed E-state index contributed by atoms with van der Waals surface area (Å²) in [6.45, 7) is 10.9. The van der Waals surface area contributed by atoms with E-state index in [4.69, 9.17) is 16.2 Å². The molecule has 38 heavy (non-hydrogen) atoms. The van der Waals surface area contributed by atoms with Gasteiger partial charge in [0.05, 0.1) is 24.3 Å². The van der Waals surface area contributed by atoms with E-state index in [0.717, 1.165) is 61.5 Å². The number of fused-ring (bicyclic) bond motifs is 1. The second kappa shape index (κ2) is 9.97. The Bertz CT molecular complexity index is 1300. The highest BCUT2D eigenvalue weighted by atomic mass is 19.4. The summed E-state index contributed by atoms with van der Waals surface area (Å²) >= 11 is 0. The monoisotopic (exact) mass is 532 g/mol. The molecule has 2 fully saturated rings. The SMILES string of the molecule is Cc1c(CN2CCC(C(C)(C)N)CC2)cc2c(N3CCOCC3)nc(-c3cnc(N)cc3C(F)(F)F)nn12. The maximum Gasteiger partial charge on any atom is 0.417 e. The van der Waals surface area contributed by atoms with Crippen LogP contribution in [0.2, 0.25) is 0 Å². The lowest BCUT2D eigenvalue weighted by Crippen LogP contribution is -2.46. The van der Waals surface area contributed by atoms with Crippen LogP contribution in [0.5, 0.6) is 0 Å². The average molecular weight is 533 g/mol. The van der Waals surface area contributed by atoms with Crippen molar-refractivity contribution in [3.8, 4) is 11.4 Å². The fraction of sp³-hybridized carbons (Fsp3) is 0.577. The summed E-state index contributed by atoms with van der Waals surface area (Å²) < 4.78 is 49.1. The quantitative estimate of drug-likeness (QED) is 0.514. The number of nitrogens with zero attached hydrogens (tertiary/aromatic N) is 6. The number of nitrogens with two attached hydrogens (primary N) is 2. The molecule has 5 rings (SSSR count). The molecule has 0 amide bonds. The van der Waals surface area contributed by atoms with Gasteiger partial charge in [-0.1, -0.05) is 0 Å². The van der Waals surface area contributed by atoms with Crippen LogP contribution in [0.1, 0.15) is 43.5 Å². The topological polar surface area (TPSA) is 111 Å². The molecule has 0 unspecified atom stereocenters. The predicted molar refractivity (Wildman–Crippen MR) is 140 cm³/mol. The van der Waals surface area contributed by atoms with Crippen LogP contribution >= 0.6 is 0 Å². The molecule has 9 nitrogen and oxygen atoms in total. The lowest BCUT2D eigenvalue weighted by atomic mass is 9.81. The van der Waals surface area contributed by atoms with E-state index in [1.165, 1.54) is 0 Å². The molecule has 3 aromatic rings. The summed E-state index contributed by atoms with van der Waals surface area (Å²) in [4.78, 5) is 13.0. The molecule has 0 saturated carbocycles. The number of likely N-dealkylation sites (tertiary alicyclic amines) is 1. The van der Waals surface area contributed by atoms with E-state index < -0.39 is 11.7 Å². The first-order chi connectivity index (χ1) is 17.9. The first-order valence-corrected chi connectivity index (χ1v) is 13.0. The van der Waals surface area contributed by atoms with Gasteiger partial charge in [-0.05, 0) is 70.3 Å². The molecule has 2 aliphatic heterocycles.